The Hall–Kier alpha value is -3.79. The molecule has 3 aliphatic heterocycles. The highest BCUT2D eigenvalue weighted by Gasteiger charge is 2.45. The van der Waals surface area contributed by atoms with Gasteiger partial charge in [-0.3, -0.25) is 9.69 Å². The van der Waals surface area contributed by atoms with Crippen LogP contribution in [0, 0.1) is 28.9 Å². The van der Waals surface area contributed by atoms with Gasteiger partial charge < -0.3 is 20.3 Å². The molecule has 46 heavy (non-hydrogen) atoms. The van der Waals surface area contributed by atoms with E-state index in [9.17, 15) is 14.4 Å². The third-order valence-electron chi connectivity index (χ3n) is 10.1. The van der Waals surface area contributed by atoms with Crippen molar-refractivity contribution in [2.75, 3.05) is 50.0 Å². The zero-order chi connectivity index (χ0) is 32.3. The molecule has 240 valence electrons. The molecule has 0 spiro atoms. The first-order valence-electron chi connectivity index (χ1n) is 15.6. The van der Waals surface area contributed by atoms with Crippen LogP contribution in [0.1, 0.15) is 45.1 Å². The number of fused-ring (bicyclic) bond motifs is 3. The van der Waals surface area contributed by atoms with Crippen molar-refractivity contribution < 1.29 is 18.3 Å². The Labute approximate surface area is 274 Å². The average Bonchev–Trinajstić information content (AvgIpc) is 3.73. The Morgan fingerprint density at radius 3 is 2.72 bits per heavy atom. The molecule has 1 amide bonds. The first-order valence-corrected chi connectivity index (χ1v) is 16.8. The van der Waals surface area contributed by atoms with Crippen LogP contribution in [0.5, 0.6) is 6.01 Å². The van der Waals surface area contributed by atoms with Crippen LogP contribution in [0.25, 0.3) is 32.1 Å². The van der Waals surface area contributed by atoms with E-state index in [2.05, 4.69) is 16.8 Å². The number of aromatic nitrogens is 2. The Morgan fingerprint density at radius 2 is 2.04 bits per heavy atom. The van der Waals surface area contributed by atoms with E-state index in [1.807, 2.05) is 17.9 Å². The molecule has 2 aromatic carbocycles. The number of anilines is 2. The summed E-state index contributed by atoms with van der Waals surface area (Å²) in [4.78, 5) is 27.4. The number of ether oxygens (including phenoxy) is 1. The number of benzene rings is 2. The van der Waals surface area contributed by atoms with E-state index in [1.54, 1.807) is 11.0 Å². The minimum absolute atomic E-state index is 0.00173. The summed E-state index contributed by atoms with van der Waals surface area (Å²) in [7, 11) is 0. The van der Waals surface area contributed by atoms with Crippen molar-refractivity contribution in [3.63, 3.8) is 0 Å². The average molecular weight is 666 g/mol. The second-order valence-electron chi connectivity index (χ2n) is 12.6. The molecule has 0 radical (unpaired) electrons. The van der Waals surface area contributed by atoms with E-state index in [4.69, 9.17) is 27.1 Å². The molecule has 0 bridgehead atoms. The molecule has 4 aromatic rings. The standard InChI is InChI=1S/C33H34ClF2N7O2S/c1-3-41(15-24-18(2)14-42(24)17-44)31-20-12-22(34)26(19-6-7-23(35)29-25(19)21(13-37)30(38)46-29)27(36)28(20)39-32(40-31)45-16-33-8-4-10-43(33)11-5-9-33/h6-7,12,17-18,24H,3-5,8-11,14-16,38H2,1-2H3. The molecule has 7 rings (SSSR count). The first-order chi connectivity index (χ1) is 22.2. The van der Waals surface area contributed by atoms with Gasteiger partial charge in [0.2, 0.25) is 6.41 Å². The van der Waals surface area contributed by atoms with Gasteiger partial charge in [0.1, 0.15) is 34.8 Å². The molecule has 9 nitrogen and oxygen atoms in total. The van der Waals surface area contributed by atoms with Crippen molar-refractivity contribution in [2.45, 2.75) is 51.1 Å². The lowest BCUT2D eigenvalue weighted by Crippen LogP contribution is -2.59. The number of nitrogens with zero attached hydrogens (tertiary/aromatic N) is 6. The van der Waals surface area contributed by atoms with Crippen molar-refractivity contribution in [3.05, 3.63) is 40.4 Å². The fourth-order valence-corrected chi connectivity index (χ4v) is 8.90. The highest BCUT2D eigenvalue weighted by Crippen LogP contribution is 2.46. The maximum absolute atomic E-state index is 17.0. The lowest BCUT2D eigenvalue weighted by atomic mass is 9.90. The van der Waals surface area contributed by atoms with Gasteiger partial charge in [0.25, 0.3) is 0 Å². The van der Waals surface area contributed by atoms with E-state index in [-0.39, 0.29) is 65.8 Å². The molecule has 2 aromatic heterocycles. The number of thiophene rings is 1. The summed E-state index contributed by atoms with van der Waals surface area (Å²) < 4.78 is 38.3. The van der Waals surface area contributed by atoms with Crippen molar-refractivity contribution >= 4 is 61.2 Å². The lowest BCUT2D eigenvalue weighted by Gasteiger charge is -2.46. The van der Waals surface area contributed by atoms with E-state index < -0.39 is 11.6 Å². The summed E-state index contributed by atoms with van der Waals surface area (Å²) >= 11 is 7.79. The van der Waals surface area contributed by atoms with E-state index in [0.717, 1.165) is 56.5 Å². The van der Waals surface area contributed by atoms with Gasteiger partial charge in [-0.15, -0.1) is 11.3 Å². The van der Waals surface area contributed by atoms with Crippen LogP contribution < -0.4 is 15.4 Å². The van der Waals surface area contributed by atoms with Gasteiger partial charge in [0.05, 0.1) is 26.9 Å². The summed E-state index contributed by atoms with van der Waals surface area (Å²) in [5.41, 5.74) is 6.30. The second kappa shape index (κ2) is 11.8. The molecule has 2 unspecified atom stereocenters. The van der Waals surface area contributed by atoms with E-state index in [0.29, 0.717) is 37.4 Å². The normalized spacial score (nSPS) is 20.6. The molecular weight excluding hydrogens is 632 g/mol. The summed E-state index contributed by atoms with van der Waals surface area (Å²) in [5.74, 6) is -0.552. The van der Waals surface area contributed by atoms with Gasteiger partial charge in [-0.2, -0.15) is 15.2 Å². The number of amides is 1. The lowest BCUT2D eigenvalue weighted by molar-refractivity contribution is -0.128. The maximum atomic E-state index is 17.0. The van der Waals surface area contributed by atoms with Crippen LogP contribution in [0.15, 0.2) is 18.2 Å². The van der Waals surface area contributed by atoms with Gasteiger partial charge in [0.15, 0.2) is 5.82 Å². The Bertz CT molecular complexity index is 1900. The number of carbonyl (C=O) groups is 1. The molecular formula is C33H34ClF2N7O2S. The number of likely N-dealkylation sites (tertiary alicyclic amines) is 1. The van der Waals surface area contributed by atoms with Crippen LogP contribution >= 0.6 is 22.9 Å². The van der Waals surface area contributed by atoms with Crippen molar-refractivity contribution in [1.82, 2.24) is 19.8 Å². The number of nitrogens with two attached hydrogens (primary N) is 1. The SMILES string of the molecule is CCN(CC1C(C)CN1C=O)c1nc(OCC23CCCN2CCC3)nc2c(F)c(-c3ccc(F)c4sc(N)c(C#N)c34)c(Cl)cc12. The van der Waals surface area contributed by atoms with Gasteiger partial charge in [-0.05, 0) is 69.3 Å². The first kappa shape index (κ1) is 30.8. The topological polar surface area (TPSA) is 112 Å². The maximum Gasteiger partial charge on any atom is 0.319 e. The number of rotatable bonds is 9. The zero-order valence-corrected chi connectivity index (χ0v) is 27.2. The van der Waals surface area contributed by atoms with E-state index >= 15 is 4.39 Å². The monoisotopic (exact) mass is 665 g/mol. The van der Waals surface area contributed by atoms with Crippen LogP contribution in [0.3, 0.4) is 0 Å². The molecule has 3 aliphatic rings. The van der Waals surface area contributed by atoms with Gasteiger partial charge in [0, 0.05) is 36.0 Å². The predicted octanol–water partition coefficient (Wildman–Crippen LogP) is 6.21. The molecule has 13 heteroatoms. The summed E-state index contributed by atoms with van der Waals surface area (Å²) in [5, 5.41) is 10.6. The Morgan fingerprint density at radius 1 is 1.28 bits per heavy atom. The summed E-state index contributed by atoms with van der Waals surface area (Å²) in [6.45, 7) is 8.21. The third kappa shape index (κ3) is 4.82. The van der Waals surface area contributed by atoms with Crippen molar-refractivity contribution in [3.8, 4) is 23.2 Å². The number of carbonyl (C=O) groups excluding carboxylic acids is 1. The highest BCUT2D eigenvalue weighted by molar-refractivity contribution is 7.23. The minimum atomic E-state index is -0.735. The number of hydrogen-bond acceptors (Lipinski definition) is 9. The van der Waals surface area contributed by atoms with Gasteiger partial charge in [-0.25, -0.2) is 8.78 Å². The fourth-order valence-electron chi connectivity index (χ4n) is 7.66. The smallest absolute Gasteiger partial charge is 0.319 e. The number of nitriles is 1. The fraction of sp³-hybridized carbons (Fsp3) is 0.455. The largest absolute Gasteiger partial charge is 0.461 e. The van der Waals surface area contributed by atoms with Crippen LogP contribution in [0.2, 0.25) is 5.02 Å². The molecule has 2 N–H and O–H groups in total. The van der Waals surface area contributed by atoms with E-state index in [1.165, 1.54) is 12.1 Å². The number of halogens is 3. The number of likely N-dealkylation sites (N-methyl/N-ethyl adjacent to an activating group) is 1. The molecule has 3 fully saturated rings. The number of nitrogen functional groups attached to an aromatic ring is 1. The third-order valence-corrected chi connectivity index (χ3v) is 11.5. The van der Waals surface area contributed by atoms with Crippen LogP contribution in [-0.4, -0.2) is 77.1 Å². The van der Waals surface area contributed by atoms with Crippen molar-refractivity contribution in [2.24, 2.45) is 5.92 Å². The Kier molecular flexibility index (Phi) is 7.90. The highest BCUT2D eigenvalue weighted by atomic mass is 35.5. The molecule has 0 saturated carbocycles. The minimum Gasteiger partial charge on any atom is -0.461 e. The van der Waals surface area contributed by atoms with Crippen LogP contribution in [-0.2, 0) is 4.79 Å². The van der Waals surface area contributed by atoms with Crippen molar-refractivity contribution in [1.29, 1.82) is 5.26 Å². The van der Waals surface area contributed by atoms with Gasteiger partial charge >= 0.3 is 6.01 Å². The molecule has 5 heterocycles. The van der Waals surface area contributed by atoms with Gasteiger partial charge in [-0.1, -0.05) is 24.6 Å². The zero-order valence-electron chi connectivity index (χ0n) is 25.7. The number of hydrogen-bond donors (Lipinski definition) is 1. The van der Waals surface area contributed by atoms with Crippen LogP contribution in [0.4, 0.5) is 19.6 Å². The Balaban J connectivity index is 1.39. The molecule has 2 atom stereocenters. The second-order valence-corrected chi connectivity index (χ2v) is 14.1. The summed E-state index contributed by atoms with van der Waals surface area (Å²) in [6, 6.07) is 6.32. The quantitative estimate of drug-likeness (QED) is 0.210. The molecule has 0 aliphatic carbocycles. The molecule has 3 saturated heterocycles. The predicted molar refractivity (Wildman–Crippen MR) is 176 cm³/mol. The summed E-state index contributed by atoms with van der Waals surface area (Å²) in [6.07, 6.45) is 5.11.